The SMILES string of the molecule is CC1=CC=CC1=O.CC1=CC=CC1O.CC1=CCCC1O.CC1=CCCCC1=O.CC1=CCCCC1=O.CC1=CCCCC1O.CC1C=CCC1=O.CC1C=CCC1O.CC1C=CCCC1=O.CC1C=CCCC1=O.CC1C=CCCC1O.CC1CC=CC1=O.CC1CC=CC1O.CC1CC=CCC1=O.CC1CCC=CC1=O. The molecule has 0 aromatic carbocycles. The van der Waals surface area contributed by atoms with Gasteiger partial charge in [0.05, 0.1) is 36.6 Å². The van der Waals surface area contributed by atoms with Gasteiger partial charge in [-0.3, -0.25) is 43.2 Å². The molecule has 15 aliphatic rings. The van der Waals surface area contributed by atoms with E-state index in [1.54, 1.807) is 30.4 Å². The van der Waals surface area contributed by atoms with Crippen LogP contribution in [0.3, 0.4) is 0 Å². The Morgan fingerprint density at radius 1 is 0.327 bits per heavy atom. The summed E-state index contributed by atoms with van der Waals surface area (Å²) in [6, 6.07) is 0. The largest absolute Gasteiger partial charge is 0.393 e. The molecular weight excluding hydrogens is 1420 g/mol. The van der Waals surface area contributed by atoms with Gasteiger partial charge in [-0.25, -0.2) is 0 Å². The smallest absolute Gasteiger partial charge is 0.181 e. The molecule has 0 bridgehead atoms. The predicted molar refractivity (Wildman–Crippen MR) is 462 cm³/mol. The molecule has 15 nitrogen and oxygen atoms in total. The van der Waals surface area contributed by atoms with Crippen molar-refractivity contribution in [3.63, 3.8) is 0 Å². The first-order valence-corrected chi connectivity index (χ1v) is 41.8. The molecule has 626 valence electrons. The van der Waals surface area contributed by atoms with Crippen LogP contribution < -0.4 is 0 Å². The van der Waals surface area contributed by atoms with E-state index in [4.69, 9.17) is 30.6 Å². The predicted octanol–water partition coefficient (Wildman–Crippen LogP) is 19.6. The second-order valence-corrected chi connectivity index (χ2v) is 31.6. The molecule has 0 aromatic heterocycles. The van der Waals surface area contributed by atoms with E-state index in [-0.39, 0.29) is 89.5 Å². The molecule has 113 heavy (non-hydrogen) atoms. The van der Waals surface area contributed by atoms with Crippen molar-refractivity contribution in [3.8, 4) is 0 Å². The molecule has 0 aromatic rings. The second-order valence-electron chi connectivity index (χ2n) is 31.6. The number of rotatable bonds is 0. The standard InChI is InChI=1S/2C7H12O.6C7H10O.3C6H10O.3C6H8O.C6H6O/c8*1-6-4-2-3-5-7(6)8;7*1-5-3-2-4-6(5)7/h4,7-8H,2-3,5H2,1H3;2,4,6-8H,3,5H2,1H3;2*4H,2-3,5H2,1H3;3,5-6H,2,4H2,1H3;2*2,4,6H,3,5H2,1H3;2-3,6H,4-5H2,1H3;3,6-7H,2,4H2,1H3;2,4-7H,3H2,1H3;2-3,5-7H,4H2,1H3;2,4-5H,3H2,1H3;2-3,5H,4H2,1H3;2-4,6-7H,1H3;2-4H,1H3. The third kappa shape index (κ3) is 48.4. The molecule has 0 spiro atoms. The van der Waals surface area contributed by atoms with Crippen molar-refractivity contribution in [3.05, 3.63) is 204 Å². The van der Waals surface area contributed by atoms with Gasteiger partial charge in [-0.15, -0.1) is 0 Å². The van der Waals surface area contributed by atoms with E-state index in [1.807, 2.05) is 201 Å². The van der Waals surface area contributed by atoms with Crippen molar-refractivity contribution in [2.24, 2.45) is 53.3 Å². The lowest BCUT2D eigenvalue weighted by Gasteiger charge is -2.17. The number of aliphatic hydroxyl groups is 6. The number of ketones is 9. The van der Waals surface area contributed by atoms with Gasteiger partial charge in [-0.2, -0.15) is 0 Å². The lowest BCUT2D eigenvalue weighted by molar-refractivity contribution is -0.122. The second kappa shape index (κ2) is 60.9. The fraction of sp³-hybridized carbons (Fsp3) is 0.561. The van der Waals surface area contributed by atoms with Crippen molar-refractivity contribution < 1.29 is 73.8 Å². The van der Waals surface area contributed by atoms with Crippen molar-refractivity contribution in [1.82, 2.24) is 0 Å². The van der Waals surface area contributed by atoms with Gasteiger partial charge in [0.15, 0.2) is 28.9 Å². The van der Waals surface area contributed by atoms with Crippen molar-refractivity contribution in [2.45, 2.75) is 301 Å². The van der Waals surface area contributed by atoms with Gasteiger partial charge >= 0.3 is 0 Å². The van der Waals surface area contributed by atoms with Crippen LogP contribution in [0.15, 0.2) is 204 Å². The van der Waals surface area contributed by atoms with Gasteiger partial charge in [0.1, 0.15) is 23.1 Å². The van der Waals surface area contributed by atoms with E-state index in [2.05, 4.69) is 42.5 Å². The molecule has 0 radical (unpaired) electrons. The zero-order valence-electron chi connectivity index (χ0n) is 71.4. The lowest BCUT2D eigenvalue weighted by Crippen LogP contribution is -2.17. The maximum absolute atomic E-state index is 10.7. The Hall–Kier alpha value is -7.63. The van der Waals surface area contributed by atoms with Crippen LogP contribution >= 0.6 is 0 Å². The van der Waals surface area contributed by atoms with E-state index in [0.717, 1.165) is 181 Å². The Bertz CT molecular complexity index is 3400. The number of hydrogen-bond acceptors (Lipinski definition) is 15. The fourth-order valence-electron chi connectivity index (χ4n) is 11.9. The van der Waals surface area contributed by atoms with E-state index in [9.17, 15) is 43.2 Å². The lowest BCUT2D eigenvalue weighted by atomic mass is 9.95. The topological polar surface area (TPSA) is 275 Å². The molecule has 0 saturated heterocycles. The van der Waals surface area contributed by atoms with Gasteiger partial charge in [0, 0.05) is 80.0 Å². The van der Waals surface area contributed by atoms with Crippen LogP contribution in [0.4, 0.5) is 0 Å². The molecule has 15 aliphatic carbocycles. The number of carbonyl (C=O) groups excluding carboxylic acids is 9. The number of carbonyl (C=O) groups is 9. The average molecular weight is 1560 g/mol. The van der Waals surface area contributed by atoms with Gasteiger partial charge in [0.2, 0.25) is 0 Å². The molecule has 15 atom stereocenters. The molecule has 0 heterocycles. The molecule has 0 saturated carbocycles. The van der Waals surface area contributed by atoms with Crippen LogP contribution in [0.2, 0.25) is 0 Å². The minimum atomic E-state index is -0.306. The zero-order chi connectivity index (χ0) is 84.8. The fourth-order valence-corrected chi connectivity index (χ4v) is 11.9. The molecule has 0 aliphatic heterocycles. The normalized spacial score (nSPS) is 29.1. The molecule has 0 fully saturated rings. The number of Topliss-reactive ketones (excluding diaryl/α,β-unsaturated/α-hetero) is 6. The summed E-state index contributed by atoms with van der Waals surface area (Å²) >= 11 is 0. The first kappa shape index (κ1) is 103. The minimum absolute atomic E-state index is 0.0833. The number of aliphatic hydroxyl groups excluding tert-OH is 6. The van der Waals surface area contributed by atoms with Crippen LogP contribution in [-0.4, -0.2) is 119 Å². The summed E-state index contributed by atoms with van der Waals surface area (Å²) in [5.74, 6) is 5.47. The highest BCUT2D eigenvalue weighted by Crippen LogP contribution is 2.23. The zero-order valence-corrected chi connectivity index (χ0v) is 71.4. The Balaban J connectivity index is 0.000000606. The van der Waals surface area contributed by atoms with Crippen LogP contribution in [-0.2, 0) is 43.2 Å². The summed E-state index contributed by atoms with van der Waals surface area (Å²) in [5.41, 5.74) is 6.06. The Kier molecular flexibility index (Phi) is 55.7. The third-order valence-electron chi connectivity index (χ3n) is 21.3. The van der Waals surface area contributed by atoms with Crippen molar-refractivity contribution in [1.29, 1.82) is 0 Å². The minimum Gasteiger partial charge on any atom is -0.393 e. The van der Waals surface area contributed by atoms with Crippen LogP contribution in [0.5, 0.6) is 0 Å². The summed E-state index contributed by atoms with van der Waals surface area (Å²) in [7, 11) is 0. The van der Waals surface area contributed by atoms with Crippen molar-refractivity contribution >= 4 is 52.0 Å². The molecule has 15 unspecified atom stereocenters. The first-order valence-electron chi connectivity index (χ1n) is 41.8. The summed E-state index contributed by atoms with van der Waals surface area (Å²) in [5, 5.41) is 53.9. The maximum atomic E-state index is 10.7. The van der Waals surface area contributed by atoms with Crippen LogP contribution in [0, 0.1) is 53.3 Å². The van der Waals surface area contributed by atoms with Gasteiger partial charge in [-0.1, -0.05) is 214 Å². The number of hydrogen-bond donors (Lipinski definition) is 6. The van der Waals surface area contributed by atoms with Crippen molar-refractivity contribution in [2.75, 3.05) is 0 Å². The summed E-state index contributed by atoms with van der Waals surface area (Å²) in [6.07, 6.45) is 77.0. The average Bonchev–Trinajstić information content (AvgIpc) is 1.62. The van der Waals surface area contributed by atoms with E-state index in [0.29, 0.717) is 65.3 Å². The number of allylic oxidation sites excluding steroid dienone is 26. The van der Waals surface area contributed by atoms with E-state index >= 15 is 0 Å². The maximum Gasteiger partial charge on any atom is 0.181 e. The van der Waals surface area contributed by atoms with Crippen LogP contribution in [0.1, 0.15) is 264 Å². The van der Waals surface area contributed by atoms with E-state index in [1.165, 1.54) is 0 Å². The molecule has 15 rings (SSSR count). The monoisotopic (exact) mass is 1560 g/mol. The summed E-state index contributed by atoms with van der Waals surface area (Å²) in [4.78, 5) is 95.8. The first-order chi connectivity index (χ1) is 53.6. The Morgan fingerprint density at radius 3 is 1.04 bits per heavy atom. The van der Waals surface area contributed by atoms with E-state index < -0.39 is 0 Å². The highest BCUT2D eigenvalue weighted by Gasteiger charge is 2.19. The highest BCUT2D eigenvalue weighted by atomic mass is 16.3. The highest BCUT2D eigenvalue weighted by molar-refractivity contribution is 6.06. The quantitative estimate of drug-likeness (QED) is 0.123. The molecule has 6 N–H and O–H groups in total. The summed E-state index contributed by atoms with van der Waals surface area (Å²) < 4.78 is 0. The summed E-state index contributed by atoms with van der Waals surface area (Å²) in [6.45, 7) is 29.3. The Morgan fingerprint density at radius 2 is 0.823 bits per heavy atom. The van der Waals surface area contributed by atoms with Gasteiger partial charge in [-0.05, 0) is 227 Å². The van der Waals surface area contributed by atoms with Gasteiger partial charge in [0.25, 0.3) is 0 Å². The Labute approximate surface area is 680 Å². The molecular formula is C98H144O15. The molecule has 0 amide bonds. The third-order valence-corrected chi connectivity index (χ3v) is 21.3. The van der Waals surface area contributed by atoms with Gasteiger partial charge < -0.3 is 30.6 Å². The molecule has 15 heteroatoms. The van der Waals surface area contributed by atoms with Crippen LogP contribution in [0.25, 0.3) is 0 Å².